The van der Waals surface area contributed by atoms with Crippen molar-refractivity contribution in [3.8, 4) is 10.9 Å². The molecule has 0 unspecified atom stereocenters. The zero-order chi connectivity index (χ0) is 9.14. The molecular weight excluding hydrogens is 181 g/mol. The van der Waals surface area contributed by atoms with Gasteiger partial charge in [-0.15, -0.1) is 0 Å². The summed E-state index contributed by atoms with van der Waals surface area (Å²) in [6.07, 6.45) is 0. The lowest BCUT2D eigenvalue weighted by molar-refractivity contribution is 0.387. The van der Waals surface area contributed by atoms with Crippen LogP contribution in [0.1, 0.15) is 0 Å². The molecule has 0 amide bonds. The van der Waals surface area contributed by atoms with Crippen molar-refractivity contribution in [3.63, 3.8) is 0 Å². The largest absolute Gasteiger partial charge is 0.498 e. The van der Waals surface area contributed by atoms with Crippen LogP contribution in [0.3, 0.4) is 0 Å². The number of hydrogen-bond acceptors (Lipinski definition) is 6. The lowest BCUT2D eigenvalue weighted by Crippen LogP contribution is -2.31. The van der Waals surface area contributed by atoms with Crippen molar-refractivity contribution in [2.45, 2.75) is 0 Å². The summed E-state index contributed by atoms with van der Waals surface area (Å²) in [4.78, 5) is 0. The maximum Gasteiger partial charge on any atom is 0.498 e. The third-order valence-electron chi connectivity index (χ3n) is 1.30. The van der Waals surface area contributed by atoms with E-state index in [0.29, 0.717) is 5.06 Å². The van der Waals surface area contributed by atoms with Crippen LogP contribution < -0.4 is 14.9 Å². The molecule has 66 valence electrons. The second-order valence-corrected chi connectivity index (χ2v) is 2.71. The van der Waals surface area contributed by atoms with Gasteiger partial charge in [0.1, 0.15) is 0 Å². The molecule has 0 spiro atoms. The summed E-state index contributed by atoms with van der Waals surface area (Å²) in [5.41, 5.74) is 0.171. The normalized spacial score (nSPS) is 9.67. The number of aromatic nitrogens is 1. The summed E-state index contributed by atoms with van der Waals surface area (Å²) < 4.78 is 13.4. The van der Waals surface area contributed by atoms with E-state index in [0.717, 1.165) is 11.5 Å². The number of methoxy groups -OCH3 is 2. The molecule has 1 aromatic rings. The van der Waals surface area contributed by atoms with Crippen molar-refractivity contribution >= 4 is 24.1 Å². The molecule has 0 bridgehead atoms. The lowest BCUT2D eigenvalue weighted by atomic mass is 9.82. The lowest BCUT2D eigenvalue weighted by Gasteiger charge is -2.01. The Morgan fingerprint density at radius 3 is 2.42 bits per heavy atom. The zero-order valence-corrected chi connectivity index (χ0v) is 7.46. The Hall–Kier alpha value is -0.785. The van der Waals surface area contributed by atoms with Crippen LogP contribution in [0, 0.1) is 0 Å². The molecule has 1 rings (SSSR count). The van der Waals surface area contributed by atoms with Crippen LogP contribution in [-0.4, -0.2) is 35.8 Å². The molecule has 0 saturated carbocycles. The summed E-state index contributed by atoms with van der Waals surface area (Å²) in [7, 11) is 1.22. The molecule has 0 atom stereocenters. The molecular formula is C5H8BNO4S. The molecule has 0 radical (unpaired) electrons. The van der Waals surface area contributed by atoms with E-state index in [-0.39, 0.29) is 11.3 Å². The highest BCUT2D eigenvalue weighted by atomic mass is 32.1. The summed E-state index contributed by atoms with van der Waals surface area (Å²) in [5, 5.41) is 18.1. The first-order chi connectivity index (χ1) is 5.70. The minimum Gasteiger partial charge on any atom is -0.486 e. The van der Waals surface area contributed by atoms with Crippen LogP contribution in [0.25, 0.3) is 0 Å². The average Bonchev–Trinajstić information content (AvgIpc) is 2.46. The fourth-order valence-corrected chi connectivity index (χ4v) is 1.48. The fraction of sp³-hybridized carbons (Fsp3) is 0.400. The van der Waals surface area contributed by atoms with Crippen LogP contribution in [0.5, 0.6) is 10.9 Å². The van der Waals surface area contributed by atoms with E-state index in [9.17, 15) is 0 Å². The van der Waals surface area contributed by atoms with Crippen LogP contribution in [-0.2, 0) is 0 Å². The van der Waals surface area contributed by atoms with Gasteiger partial charge in [0.2, 0.25) is 5.88 Å². The highest BCUT2D eigenvalue weighted by molar-refractivity contribution is 7.09. The first kappa shape index (κ1) is 9.30. The zero-order valence-electron chi connectivity index (χ0n) is 6.64. The molecule has 0 aromatic carbocycles. The summed E-state index contributed by atoms with van der Waals surface area (Å²) in [5.74, 6) is 0.187. The van der Waals surface area contributed by atoms with Crippen molar-refractivity contribution < 1.29 is 19.5 Å². The van der Waals surface area contributed by atoms with Crippen LogP contribution in [0.2, 0.25) is 0 Å². The van der Waals surface area contributed by atoms with Gasteiger partial charge in [-0.25, -0.2) is 0 Å². The molecule has 7 heteroatoms. The van der Waals surface area contributed by atoms with Crippen LogP contribution in [0.15, 0.2) is 0 Å². The summed E-state index contributed by atoms with van der Waals surface area (Å²) in [6.45, 7) is 0. The van der Waals surface area contributed by atoms with E-state index in [2.05, 4.69) is 4.37 Å². The van der Waals surface area contributed by atoms with Gasteiger partial charge >= 0.3 is 7.12 Å². The highest BCUT2D eigenvalue weighted by Crippen LogP contribution is 2.20. The fourth-order valence-electron chi connectivity index (χ4n) is 0.779. The molecule has 1 aromatic heterocycles. The van der Waals surface area contributed by atoms with E-state index in [4.69, 9.17) is 19.5 Å². The van der Waals surface area contributed by atoms with E-state index in [1.807, 2.05) is 0 Å². The van der Waals surface area contributed by atoms with E-state index in [1.54, 1.807) is 0 Å². The van der Waals surface area contributed by atoms with Gasteiger partial charge in [0.05, 0.1) is 19.7 Å². The molecule has 0 aliphatic heterocycles. The Kier molecular flexibility index (Phi) is 2.91. The van der Waals surface area contributed by atoms with Gasteiger partial charge in [0.15, 0.2) is 5.06 Å². The van der Waals surface area contributed by atoms with Gasteiger partial charge in [-0.1, -0.05) is 0 Å². The molecule has 1 heterocycles. The van der Waals surface area contributed by atoms with Crippen LogP contribution >= 0.6 is 11.5 Å². The molecule has 2 N–H and O–H groups in total. The number of ether oxygens (including phenoxy) is 2. The van der Waals surface area contributed by atoms with Crippen molar-refractivity contribution in [1.82, 2.24) is 4.37 Å². The molecule has 0 fully saturated rings. The molecule has 5 nitrogen and oxygen atoms in total. The van der Waals surface area contributed by atoms with Crippen molar-refractivity contribution in [3.05, 3.63) is 0 Å². The SMILES string of the molecule is COc1nsc(OC)c1B(O)O. The molecule has 0 aliphatic rings. The van der Waals surface area contributed by atoms with Gasteiger partial charge in [-0.3, -0.25) is 0 Å². The van der Waals surface area contributed by atoms with Crippen molar-refractivity contribution in [1.29, 1.82) is 0 Å². The number of nitrogens with zero attached hydrogens (tertiary/aromatic N) is 1. The summed E-state index contributed by atoms with van der Waals surface area (Å²) >= 11 is 1.01. The molecule has 12 heavy (non-hydrogen) atoms. The minimum atomic E-state index is -1.62. The Labute approximate surface area is 73.9 Å². The average molecular weight is 189 g/mol. The number of rotatable bonds is 3. The van der Waals surface area contributed by atoms with Crippen molar-refractivity contribution in [2.75, 3.05) is 14.2 Å². The maximum absolute atomic E-state index is 8.90. The first-order valence-corrected chi connectivity index (χ1v) is 3.91. The Morgan fingerprint density at radius 1 is 1.33 bits per heavy atom. The second kappa shape index (κ2) is 3.75. The molecule has 0 aliphatic carbocycles. The Morgan fingerprint density at radius 2 is 2.00 bits per heavy atom. The Bertz CT molecular complexity index is 242. The topological polar surface area (TPSA) is 71.8 Å². The van der Waals surface area contributed by atoms with Gasteiger partial charge in [0.25, 0.3) is 0 Å². The van der Waals surface area contributed by atoms with Gasteiger partial charge in [0, 0.05) is 11.5 Å². The third kappa shape index (κ3) is 1.52. The minimum absolute atomic E-state index is 0.171. The maximum atomic E-state index is 8.90. The van der Waals surface area contributed by atoms with E-state index < -0.39 is 7.12 Å². The van der Waals surface area contributed by atoms with Gasteiger partial charge < -0.3 is 19.5 Å². The monoisotopic (exact) mass is 189 g/mol. The molecule has 0 saturated heterocycles. The van der Waals surface area contributed by atoms with E-state index in [1.165, 1.54) is 14.2 Å². The van der Waals surface area contributed by atoms with Crippen LogP contribution in [0.4, 0.5) is 0 Å². The third-order valence-corrected chi connectivity index (χ3v) is 2.11. The van der Waals surface area contributed by atoms with Gasteiger partial charge in [-0.05, 0) is 0 Å². The van der Waals surface area contributed by atoms with Crippen molar-refractivity contribution in [2.24, 2.45) is 0 Å². The summed E-state index contributed by atoms with van der Waals surface area (Å²) in [6, 6.07) is 0. The quantitative estimate of drug-likeness (QED) is 0.586. The number of hydrogen-bond donors (Lipinski definition) is 2. The predicted molar refractivity (Wildman–Crippen MR) is 45.0 cm³/mol. The standard InChI is InChI=1S/C5H8BNO4S/c1-10-4-3(6(8)9)5(11-2)12-7-4/h8-9H,1-2H3. The highest BCUT2D eigenvalue weighted by Gasteiger charge is 2.26. The van der Waals surface area contributed by atoms with E-state index >= 15 is 0 Å². The van der Waals surface area contributed by atoms with Gasteiger partial charge in [-0.2, -0.15) is 4.37 Å². The first-order valence-electron chi connectivity index (χ1n) is 3.14. The smallest absolute Gasteiger partial charge is 0.486 e. The second-order valence-electron chi connectivity index (χ2n) is 1.97. The predicted octanol–water partition coefficient (Wildman–Crippen LogP) is -1.16. The Balaban J connectivity index is 3.07.